The highest BCUT2D eigenvalue weighted by Gasteiger charge is 2.15. The molecule has 2 amide bonds. The Kier molecular flexibility index (Phi) is 3.90. The minimum Gasteiger partial charge on any atom is -0.347 e. The second-order valence-electron chi connectivity index (χ2n) is 6.11. The molecule has 0 saturated carbocycles. The van der Waals surface area contributed by atoms with Gasteiger partial charge in [0.2, 0.25) is 5.91 Å². The molecular formula is C20H17N3O2. The number of para-hydroxylation sites is 1. The van der Waals surface area contributed by atoms with Crippen molar-refractivity contribution in [2.45, 2.75) is 19.4 Å². The van der Waals surface area contributed by atoms with E-state index in [1.54, 1.807) is 6.07 Å². The van der Waals surface area contributed by atoms with Crippen molar-refractivity contribution < 1.29 is 9.59 Å². The molecule has 1 aliphatic rings. The van der Waals surface area contributed by atoms with Gasteiger partial charge in [0.15, 0.2) is 0 Å². The number of amides is 2. The molecule has 0 spiro atoms. The molecule has 2 aromatic carbocycles. The quantitative estimate of drug-likeness (QED) is 0.775. The number of benzene rings is 2. The van der Waals surface area contributed by atoms with E-state index in [1.807, 2.05) is 48.5 Å². The average molecular weight is 331 g/mol. The summed E-state index contributed by atoms with van der Waals surface area (Å²) in [5, 5.41) is 6.76. The van der Waals surface area contributed by atoms with Gasteiger partial charge in [-0.25, -0.2) is 4.98 Å². The molecular weight excluding hydrogens is 314 g/mol. The first-order chi connectivity index (χ1) is 12.2. The Balaban J connectivity index is 1.47. The first-order valence-corrected chi connectivity index (χ1v) is 8.25. The summed E-state index contributed by atoms with van der Waals surface area (Å²) in [6, 6.07) is 17.2. The number of fused-ring (bicyclic) bond motifs is 2. The van der Waals surface area contributed by atoms with Gasteiger partial charge in [-0.3, -0.25) is 9.59 Å². The molecule has 0 aliphatic carbocycles. The van der Waals surface area contributed by atoms with E-state index in [0.29, 0.717) is 18.7 Å². The predicted molar refractivity (Wildman–Crippen MR) is 96.3 cm³/mol. The molecule has 2 N–H and O–H groups in total. The van der Waals surface area contributed by atoms with E-state index in [-0.39, 0.29) is 11.8 Å². The first-order valence-electron chi connectivity index (χ1n) is 8.25. The zero-order chi connectivity index (χ0) is 17.2. The average Bonchev–Trinajstić information content (AvgIpc) is 2.65. The molecule has 0 unspecified atom stereocenters. The zero-order valence-electron chi connectivity index (χ0n) is 13.6. The Morgan fingerprint density at radius 1 is 1.08 bits per heavy atom. The third kappa shape index (κ3) is 3.21. The number of carbonyl (C=O) groups is 2. The summed E-state index contributed by atoms with van der Waals surface area (Å²) in [7, 11) is 0. The fourth-order valence-corrected chi connectivity index (χ4v) is 2.99. The number of carbonyl (C=O) groups excluding carboxylic acids is 2. The summed E-state index contributed by atoms with van der Waals surface area (Å²) >= 11 is 0. The third-order valence-corrected chi connectivity index (χ3v) is 4.35. The number of aryl methyl sites for hydroxylation is 1. The van der Waals surface area contributed by atoms with E-state index in [1.165, 1.54) is 0 Å². The molecule has 0 radical (unpaired) electrons. The lowest BCUT2D eigenvalue weighted by molar-refractivity contribution is -0.116. The number of rotatable bonds is 3. The predicted octanol–water partition coefficient (Wildman–Crippen LogP) is 3.05. The lowest BCUT2D eigenvalue weighted by Gasteiger charge is -2.17. The van der Waals surface area contributed by atoms with Crippen LogP contribution in [0, 0.1) is 0 Å². The number of anilines is 1. The van der Waals surface area contributed by atoms with Crippen molar-refractivity contribution in [2.75, 3.05) is 5.32 Å². The number of hydrogen-bond donors (Lipinski definition) is 2. The molecule has 2 heterocycles. The maximum atomic E-state index is 12.4. The summed E-state index contributed by atoms with van der Waals surface area (Å²) < 4.78 is 0. The molecule has 0 saturated heterocycles. The van der Waals surface area contributed by atoms with Crippen LogP contribution < -0.4 is 10.6 Å². The van der Waals surface area contributed by atoms with Crippen LogP contribution in [0.1, 0.15) is 28.0 Å². The van der Waals surface area contributed by atoms with Crippen molar-refractivity contribution >= 4 is 28.4 Å². The van der Waals surface area contributed by atoms with Crippen molar-refractivity contribution in [3.8, 4) is 0 Å². The van der Waals surface area contributed by atoms with E-state index in [2.05, 4.69) is 15.6 Å². The summed E-state index contributed by atoms with van der Waals surface area (Å²) in [5.41, 5.74) is 4.10. The number of nitrogens with zero attached hydrogens (tertiary/aromatic N) is 1. The molecule has 1 aliphatic heterocycles. The number of aromatic nitrogens is 1. The number of pyridine rings is 1. The second-order valence-corrected chi connectivity index (χ2v) is 6.11. The monoisotopic (exact) mass is 331 g/mol. The fourth-order valence-electron chi connectivity index (χ4n) is 2.99. The minimum atomic E-state index is -0.215. The van der Waals surface area contributed by atoms with E-state index in [0.717, 1.165) is 34.1 Å². The van der Waals surface area contributed by atoms with Gasteiger partial charge in [-0.1, -0.05) is 36.4 Å². The lowest BCUT2D eigenvalue weighted by Crippen LogP contribution is -2.24. The van der Waals surface area contributed by atoms with Gasteiger partial charge in [0.25, 0.3) is 5.91 Å². The topological polar surface area (TPSA) is 71.1 Å². The SMILES string of the molecule is O=C1CCc2ccc(CNC(=O)c3ccc4ccccc4n3)cc2N1. The van der Waals surface area contributed by atoms with Crippen molar-refractivity contribution in [1.29, 1.82) is 0 Å². The number of hydrogen-bond acceptors (Lipinski definition) is 3. The van der Waals surface area contributed by atoms with Gasteiger partial charge >= 0.3 is 0 Å². The first kappa shape index (κ1) is 15.3. The van der Waals surface area contributed by atoms with Gasteiger partial charge < -0.3 is 10.6 Å². The van der Waals surface area contributed by atoms with Gasteiger partial charge in [-0.15, -0.1) is 0 Å². The maximum absolute atomic E-state index is 12.4. The Bertz CT molecular complexity index is 982. The molecule has 124 valence electrons. The third-order valence-electron chi connectivity index (χ3n) is 4.35. The standard InChI is InChI=1S/C20H17N3O2/c24-19-10-8-15-6-5-13(11-18(15)23-19)12-21-20(25)17-9-7-14-3-1-2-4-16(14)22-17/h1-7,9,11H,8,10,12H2,(H,21,25)(H,23,24). The van der Waals surface area contributed by atoms with Crippen molar-refractivity contribution in [2.24, 2.45) is 0 Å². The largest absolute Gasteiger partial charge is 0.347 e. The molecule has 4 rings (SSSR count). The minimum absolute atomic E-state index is 0.0362. The smallest absolute Gasteiger partial charge is 0.270 e. The molecule has 5 nitrogen and oxygen atoms in total. The highest BCUT2D eigenvalue weighted by atomic mass is 16.2. The highest BCUT2D eigenvalue weighted by Crippen LogP contribution is 2.23. The summed E-state index contributed by atoms with van der Waals surface area (Å²) in [5.74, 6) is -0.179. The van der Waals surface area contributed by atoms with Gasteiger partial charge in [0.1, 0.15) is 5.69 Å². The van der Waals surface area contributed by atoms with Crippen LogP contribution in [0.4, 0.5) is 5.69 Å². The summed E-state index contributed by atoms with van der Waals surface area (Å²) in [4.78, 5) is 28.3. The van der Waals surface area contributed by atoms with E-state index in [9.17, 15) is 9.59 Å². The summed E-state index contributed by atoms with van der Waals surface area (Å²) in [6.07, 6.45) is 1.28. The molecule has 0 bridgehead atoms. The summed E-state index contributed by atoms with van der Waals surface area (Å²) in [6.45, 7) is 0.385. The Hall–Kier alpha value is -3.21. The van der Waals surface area contributed by atoms with Crippen LogP contribution in [-0.2, 0) is 17.8 Å². The molecule has 0 atom stereocenters. The zero-order valence-corrected chi connectivity index (χ0v) is 13.6. The van der Waals surface area contributed by atoms with Crippen LogP contribution in [0.15, 0.2) is 54.6 Å². The highest BCUT2D eigenvalue weighted by molar-refractivity contribution is 5.95. The molecule has 5 heteroatoms. The van der Waals surface area contributed by atoms with Gasteiger partial charge in [0, 0.05) is 24.0 Å². The van der Waals surface area contributed by atoms with Crippen molar-refractivity contribution in [3.63, 3.8) is 0 Å². The van der Waals surface area contributed by atoms with Crippen LogP contribution in [0.3, 0.4) is 0 Å². The van der Waals surface area contributed by atoms with Crippen molar-refractivity contribution in [3.05, 3.63) is 71.4 Å². The van der Waals surface area contributed by atoms with Gasteiger partial charge in [-0.05, 0) is 35.7 Å². The fraction of sp³-hybridized carbons (Fsp3) is 0.150. The molecule has 3 aromatic rings. The van der Waals surface area contributed by atoms with E-state index >= 15 is 0 Å². The Morgan fingerprint density at radius 2 is 1.96 bits per heavy atom. The van der Waals surface area contributed by atoms with Crippen molar-refractivity contribution in [1.82, 2.24) is 10.3 Å². The normalized spacial score (nSPS) is 13.2. The van der Waals surface area contributed by atoms with E-state index < -0.39 is 0 Å². The van der Waals surface area contributed by atoms with Crippen LogP contribution in [0.2, 0.25) is 0 Å². The van der Waals surface area contributed by atoms with Gasteiger partial charge in [0.05, 0.1) is 5.52 Å². The molecule has 0 fully saturated rings. The molecule has 1 aromatic heterocycles. The van der Waals surface area contributed by atoms with Crippen LogP contribution >= 0.6 is 0 Å². The maximum Gasteiger partial charge on any atom is 0.270 e. The lowest BCUT2D eigenvalue weighted by atomic mass is 10.0. The van der Waals surface area contributed by atoms with Crippen LogP contribution in [0.25, 0.3) is 10.9 Å². The second kappa shape index (κ2) is 6.36. The Morgan fingerprint density at radius 3 is 2.88 bits per heavy atom. The van der Waals surface area contributed by atoms with E-state index in [4.69, 9.17) is 0 Å². The number of nitrogens with one attached hydrogen (secondary N) is 2. The molecule has 25 heavy (non-hydrogen) atoms. The Labute approximate surface area is 145 Å². The van der Waals surface area contributed by atoms with Gasteiger partial charge in [-0.2, -0.15) is 0 Å². The van der Waals surface area contributed by atoms with Crippen LogP contribution in [0.5, 0.6) is 0 Å². The van der Waals surface area contributed by atoms with Crippen LogP contribution in [-0.4, -0.2) is 16.8 Å².